The Labute approximate surface area is 188 Å². The van der Waals surface area contributed by atoms with E-state index in [-0.39, 0.29) is 22.8 Å². The van der Waals surface area contributed by atoms with Crippen LogP contribution in [0.3, 0.4) is 0 Å². The highest BCUT2D eigenvalue weighted by Crippen LogP contribution is 2.24. The van der Waals surface area contributed by atoms with Crippen molar-refractivity contribution in [3.05, 3.63) is 87.8 Å². The highest BCUT2D eigenvalue weighted by atomic mass is 32.2. The van der Waals surface area contributed by atoms with Crippen LogP contribution in [0, 0.1) is 6.92 Å². The summed E-state index contributed by atoms with van der Waals surface area (Å²) in [5.41, 5.74) is 6.05. The maximum Gasteiger partial charge on any atom is 0.305 e. The molecule has 0 fully saturated rings. The Morgan fingerprint density at radius 1 is 0.938 bits per heavy atom. The van der Waals surface area contributed by atoms with E-state index in [1.54, 1.807) is 19.1 Å². The number of nitrogens with one attached hydrogen (secondary N) is 3. The van der Waals surface area contributed by atoms with E-state index in [4.69, 9.17) is 4.42 Å². The first kappa shape index (κ1) is 21.8. The van der Waals surface area contributed by atoms with Gasteiger partial charge in [0.05, 0.1) is 4.90 Å². The van der Waals surface area contributed by atoms with Gasteiger partial charge in [-0.25, -0.2) is 13.1 Å². The van der Waals surface area contributed by atoms with Gasteiger partial charge in [-0.1, -0.05) is 24.3 Å². The lowest BCUT2D eigenvalue weighted by atomic mass is 10.1. The molecule has 0 aliphatic rings. The maximum absolute atomic E-state index is 12.4. The number of fused-ring (bicyclic) bond motifs is 1. The average Bonchev–Trinajstić information content (AvgIpc) is 3.44. The van der Waals surface area contributed by atoms with Gasteiger partial charge in [0, 0.05) is 27.9 Å². The number of para-hydroxylation sites is 1. The molecule has 2 heterocycles. The normalized spacial score (nSPS) is 11.4. The van der Waals surface area contributed by atoms with Gasteiger partial charge in [0.15, 0.2) is 5.76 Å². The number of furan rings is 1. The third kappa shape index (κ3) is 4.57. The van der Waals surface area contributed by atoms with E-state index in [2.05, 4.69) is 15.6 Å². The minimum Gasteiger partial charge on any atom is -0.451 e. The zero-order chi connectivity index (χ0) is 22.7. The number of hydrogen-bond donors (Lipinski definition) is 3. The first-order valence-corrected chi connectivity index (χ1v) is 11.9. The van der Waals surface area contributed by atoms with Gasteiger partial charge in [-0.15, -0.1) is 11.3 Å². The van der Waals surface area contributed by atoms with Crippen molar-refractivity contribution in [2.45, 2.75) is 18.4 Å². The number of benzene rings is 2. The minimum absolute atomic E-state index is 0.0348. The van der Waals surface area contributed by atoms with Crippen molar-refractivity contribution in [3.8, 4) is 0 Å². The minimum atomic E-state index is -3.72. The summed E-state index contributed by atoms with van der Waals surface area (Å²) >= 11 is 1.45. The van der Waals surface area contributed by atoms with Crippen LogP contribution in [0.1, 0.15) is 31.4 Å². The van der Waals surface area contributed by atoms with E-state index < -0.39 is 21.8 Å². The van der Waals surface area contributed by atoms with Gasteiger partial charge in [0.25, 0.3) is 5.91 Å². The summed E-state index contributed by atoms with van der Waals surface area (Å²) in [5, 5.41) is 2.68. The summed E-state index contributed by atoms with van der Waals surface area (Å²) in [4.78, 5) is 25.7. The van der Waals surface area contributed by atoms with Crippen molar-refractivity contribution in [3.63, 3.8) is 0 Å². The lowest BCUT2D eigenvalue weighted by Gasteiger charge is -2.08. The van der Waals surface area contributed by atoms with Crippen molar-refractivity contribution in [1.82, 2.24) is 15.6 Å². The Hall–Kier alpha value is -3.47. The fourth-order valence-electron chi connectivity index (χ4n) is 3.08. The second kappa shape index (κ2) is 8.95. The molecule has 0 aliphatic carbocycles. The van der Waals surface area contributed by atoms with E-state index in [1.807, 2.05) is 29.6 Å². The van der Waals surface area contributed by atoms with Gasteiger partial charge in [-0.05, 0) is 48.7 Å². The van der Waals surface area contributed by atoms with Crippen LogP contribution < -0.4 is 15.6 Å². The number of aryl methyl sites for hydroxylation is 1. The van der Waals surface area contributed by atoms with Crippen LogP contribution in [-0.2, 0) is 16.6 Å². The Kier molecular flexibility index (Phi) is 6.08. The molecule has 0 unspecified atom stereocenters. The lowest BCUT2D eigenvalue weighted by molar-refractivity contribution is 0.0831. The molecule has 3 N–H and O–H groups in total. The van der Waals surface area contributed by atoms with Gasteiger partial charge < -0.3 is 4.42 Å². The summed E-state index contributed by atoms with van der Waals surface area (Å²) in [5.74, 6) is -1.09. The highest BCUT2D eigenvalue weighted by Gasteiger charge is 2.19. The fraction of sp³-hybridized carbons (Fsp3) is 0.0909. The third-order valence-electron chi connectivity index (χ3n) is 4.78. The van der Waals surface area contributed by atoms with Gasteiger partial charge in [-0.2, -0.15) is 0 Å². The Balaban J connectivity index is 1.38. The van der Waals surface area contributed by atoms with E-state index in [0.29, 0.717) is 11.1 Å². The van der Waals surface area contributed by atoms with E-state index >= 15 is 0 Å². The lowest BCUT2D eigenvalue weighted by Crippen LogP contribution is -2.41. The van der Waals surface area contributed by atoms with Crippen molar-refractivity contribution in [2.75, 3.05) is 0 Å². The van der Waals surface area contributed by atoms with Gasteiger partial charge in [0.2, 0.25) is 10.0 Å². The van der Waals surface area contributed by atoms with Gasteiger partial charge in [-0.3, -0.25) is 20.4 Å². The molecule has 0 aliphatic heterocycles. The van der Waals surface area contributed by atoms with Crippen molar-refractivity contribution >= 4 is 44.1 Å². The zero-order valence-corrected chi connectivity index (χ0v) is 18.5. The quantitative estimate of drug-likeness (QED) is 0.374. The fourth-order valence-corrected chi connectivity index (χ4v) is 4.82. The zero-order valence-electron chi connectivity index (χ0n) is 16.9. The van der Waals surface area contributed by atoms with E-state index in [1.165, 1.54) is 35.6 Å². The predicted octanol–water partition coefficient (Wildman–Crippen LogP) is 3.36. The Morgan fingerprint density at radius 2 is 1.66 bits per heavy atom. The standard InChI is InChI=1S/C22H19N3O5S2/c1-14-18-6-2-3-7-19(18)30-20(14)22(27)25-24-21(26)15-8-10-17(11-9-15)32(28,29)23-13-16-5-4-12-31-16/h2-12,23H,13H2,1H3,(H,24,26)(H,25,27). The SMILES string of the molecule is Cc1c(C(=O)NNC(=O)c2ccc(S(=O)(=O)NCc3cccs3)cc2)oc2ccccc12. The number of carbonyl (C=O) groups excluding carboxylic acids is 2. The van der Waals surface area contributed by atoms with Crippen LogP contribution in [0.15, 0.2) is 75.4 Å². The summed E-state index contributed by atoms with van der Waals surface area (Å²) < 4.78 is 32.9. The summed E-state index contributed by atoms with van der Waals surface area (Å²) in [6, 6.07) is 16.3. The monoisotopic (exact) mass is 469 g/mol. The van der Waals surface area contributed by atoms with E-state index in [9.17, 15) is 18.0 Å². The van der Waals surface area contributed by atoms with Crippen LogP contribution in [-0.4, -0.2) is 20.2 Å². The van der Waals surface area contributed by atoms with Gasteiger partial charge in [0.1, 0.15) is 5.58 Å². The van der Waals surface area contributed by atoms with Crippen molar-refractivity contribution in [2.24, 2.45) is 0 Å². The molecule has 164 valence electrons. The molecule has 0 spiro atoms. The molecule has 2 aromatic heterocycles. The summed E-state index contributed by atoms with van der Waals surface area (Å²) in [7, 11) is -3.72. The summed E-state index contributed by atoms with van der Waals surface area (Å²) in [6.45, 7) is 1.95. The van der Waals surface area contributed by atoms with Crippen LogP contribution in [0.5, 0.6) is 0 Å². The maximum atomic E-state index is 12.4. The number of hydrogen-bond acceptors (Lipinski definition) is 6. The van der Waals surface area contributed by atoms with Crippen LogP contribution >= 0.6 is 11.3 Å². The molecule has 4 rings (SSSR count). The number of rotatable bonds is 6. The first-order chi connectivity index (χ1) is 15.3. The molecule has 4 aromatic rings. The van der Waals surface area contributed by atoms with Crippen molar-refractivity contribution in [1.29, 1.82) is 0 Å². The number of thiophene rings is 1. The predicted molar refractivity (Wildman–Crippen MR) is 121 cm³/mol. The first-order valence-electron chi connectivity index (χ1n) is 9.56. The van der Waals surface area contributed by atoms with Gasteiger partial charge >= 0.3 is 5.91 Å². The molecule has 0 saturated carbocycles. The highest BCUT2D eigenvalue weighted by molar-refractivity contribution is 7.89. The molecule has 0 radical (unpaired) electrons. The average molecular weight is 470 g/mol. The second-order valence-corrected chi connectivity index (χ2v) is 9.69. The number of amides is 2. The van der Waals surface area contributed by atoms with Crippen molar-refractivity contribution < 1.29 is 22.4 Å². The van der Waals surface area contributed by atoms with E-state index in [0.717, 1.165) is 10.3 Å². The Bertz CT molecular complexity index is 1370. The topological polar surface area (TPSA) is 118 Å². The molecular weight excluding hydrogens is 450 g/mol. The smallest absolute Gasteiger partial charge is 0.305 e. The molecule has 2 amide bonds. The molecule has 8 nitrogen and oxygen atoms in total. The second-order valence-electron chi connectivity index (χ2n) is 6.89. The Morgan fingerprint density at radius 3 is 2.34 bits per heavy atom. The largest absolute Gasteiger partial charge is 0.451 e. The van der Waals surface area contributed by atoms with Crippen LogP contribution in [0.2, 0.25) is 0 Å². The third-order valence-corrected chi connectivity index (χ3v) is 7.08. The number of carbonyl (C=O) groups is 2. The molecule has 10 heteroatoms. The molecular formula is C22H19N3O5S2. The van der Waals surface area contributed by atoms with Crippen LogP contribution in [0.4, 0.5) is 0 Å². The molecule has 0 saturated heterocycles. The molecule has 32 heavy (non-hydrogen) atoms. The number of sulfonamides is 1. The number of hydrazine groups is 1. The molecule has 2 aromatic carbocycles. The summed E-state index contributed by atoms with van der Waals surface area (Å²) in [6.07, 6.45) is 0. The molecule has 0 atom stereocenters. The van der Waals surface area contributed by atoms with Crippen LogP contribution in [0.25, 0.3) is 11.0 Å². The molecule has 0 bridgehead atoms.